The van der Waals surface area contributed by atoms with Crippen molar-refractivity contribution >= 4 is 44.9 Å². The number of phenolic OH excluding ortho intramolecular Hbond substituents is 1. The standard InChI is InChI=1S/C10H11BrN2O2.BrH/c1-15-9-5-7(11)4-8(10(9)14)13-3-2-12-6-13;/h4-6,14H,2-3H2,1H3;1H. The van der Waals surface area contributed by atoms with Gasteiger partial charge in [0.05, 0.1) is 25.7 Å². The molecular formula is C10H12Br2N2O2. The zero-order valence-corrected chi connectivity index (χ0v) is 12.0. The van der Waals surface area contributed by atoms with Crippen LogP contribution in [0.1, 0.15) is 0 Å². The van der Waals surface area contributed by atoms with E-state index in [4.69, 9.17) is 4.74 Å². The van der Waals surface area contributed by atoms with Crippen LogP contribution >= 0.6 is 32.9 Å². The van der Waals surface area contributed by atoms with Crippen molar-refractivity contribution in [1.29, 1.82) is 0 Å². The van der Waals surface area contributed by atoms with Gasteiger partial charge in [0, 0.05) is 11.0 Å². The summed E-state index contributed by atoms with van der Waals surface area (Å²) >= 11 is 3.37. The first-order valence-corrected chi connectivity index (χ1v) is 5.35. The molecule has 1 aromatic carbocycles. The minimum absolute atomic E-state index is 0. The molecular weight excluding hydrogens is 340 g/mol. The van der Waals surface area contributed by atoms with Gasteiger partial charge < -0.3 is 14.7 Å². The molecule has 0 saturated heterocycles. The van der Waals surface area contributed by atoms with Gasteiger partial charge in [-0.25, -0.2) is 0 Å². The second-order valence-corrected chi connectivity index (χ2v) is 4.11. The number of phenols is 1. The Labute approximate surface area is 113 Å². The lowest BCUT2D eigenvalue weighted by Crippen LogP contribution is -2.18. The van der Waals surface area contributed by atoms with E-state index in [0.717, 1.165) is 17.6 Å². The molecule has 16 heavy (non-hydrogen) atoms. The fourth-order valence-electron chi connectivity index (χ4n) is 1.50. The third kappa shape index (κ3) is 2.49. The number of halogens is 2. The van der Waals surface area contributed by atoms with E-state index in [1.165, 1.54) is 7.11 Å². The Morgan fingerprint density at radius 1 is 1.50 bits per heavy atom. The number of benzene rings is 1. The maximum Gasteiger partial charge on any atom is 0.182 e. The van der Waals surface area contributed by atoms with E-state index in [1.807, 2.05) is 11.0 Å². The van der Waals surface area contributed by atoms with Crippen LogP contribution in [0.5, 0.6) is 11.5 Å². The van der Waals surface area contributed by atoms with E-state index in [-0.39, 0.29) is 22.7 Å². The Morgan fingerprint density at radius 2 is 2.25 bits per heavy atom. The minimum Gasteiger partial charge on any atom is -0.503 e. The van der Waals surface area contributed by atoms with Crippen molar-refractivity contribution in [3.8, 4) is 11.5 Å². The SMILES string of the molecule is Br.COc1cc(Br)cc(N2C=NCC2)c1O. The Bertz CT molecular complexity index is 410. The Morgan fingerprint density at radius 3 is 2.81 bits per heavy atom. The first kappa shape index (κ1) is 13.3. The van der Waals surface area contributed by atoms with Gasteiger partial charge in [-0.1, -0.05) is 15.9 Å². The van der Waals surface area contributed by atoms with Crippen molar-refractivity contribution in [1.82, 2.24) is 0 Å². The predicted molar refractivity (Wildman–Crippen MR) is 73.4 cm³/mol. The Kier molecular flexibility index (Phi) is 4.61. The summed E-state index contributed by atoms with van der Waals surface area (Å²) in [7, 11) is 1.53. The number of aromatic hydroxyl groups is 1. The summed E-state index contributed by atoms with van der Waals surface area (Å²) in [4.78, 5) is 5.99. The maximum absolute atomic E-state index is 9.92. The van der Waals surface area contributed by atoms with Crippen LogP contribution in [0.4, 0.5) is 5.69 Å². The lowest BCUT2D eigenvalue weighted by Gasteiger charge is -2.17. The maximum atomic E-state index is 9.92. The normalized spacial score (nSPS) is 13.8. The third-order valence-corrected chi connectivity index (χ3v) is 2.70. The summed E-state index contributed by atoms with van der Waals surface area (Å²) in [5, 5.41) is 9.92. The van der Waals surface area contributed by atoms with Crippen LogP contribution in [0.15, 0.2) is 21.6 Å². The molecule has 88 valence electrons. The molecule has 2 rings (SSSR count). The molecule has 0 radical (unpaired) electrons. The molecule has 1 heterocycles. The predicted octanol–water partition coefficient (Wildman–Crippen LogP) is 2.59. The smallest absolute Gasteiger partial charge is 0.182 e. The highest BCUT2D eigenvalue weighted by Gasteiger charge is 2.16. The second kappa shape index (κ2) is 5.54. The molecule has 1 aliphatic rings. The summed E-state index contributed by atoms with van der Waals surface area (Å²) < 4.78 is 5.94. The highest BCUT2D eigenvalue weighted by molar-refractivity contribution is 9.10. The van der Waals surface area contributed by atoms with Crippen LogP contribution in [0.25, 0.3) is 0 Å². The van der Waals surface area contributed by atoms with Gasteiger partial charge >= 0.3 is 0 Å². The average molecular weight is 352 g/mol. The highest BCUT2D eigenvalue weighted by Crippen LogP contribution is 2.39. The van der Waals surface area contributed by atoms with E-state index < -0.39 is 0 Å². The van der Waals surface area contributed by atoms with Crippen molar-refractivity contribution in [3.05, 3.63) is 16.6 Å². The first-order valence-electron chi connectivity index (χ1n) is 4.55. The van der Waals surface area contributed by atoms with Crippen LogP contribution < -0.4 is 9.64 Å². The van der Waals surface area contributed by atoms with Crippen LogP contribution in [0.3, 0.4) is 0 Å². The number of ether oxygens (including phenoxy) is 1. The lowest BCUT2D eigenvalue weighted by molar-refractivity contribution is 0.374. The van der Waals surface area contributed by atoms with Gasteiger partial charge in [-0.05, 0) is 12.1 Å². The van der Waals surface area contributed by atoms with Crippen molar-refractivity contribution in [2.24, 2.45) is 4.99 Å². The molecule has 0 aromatic heterocycles. The van der Waals surface area contributed by atoms with Gasteiger partial charge in [0.2, 0.25) is 0 Å². The van der Waals surface area contributed by atoms with E-state index in [2.05, 4.69) is 20.9 Å². The Hall–Kier alpha value is -0.750. The number of rotatable bonds is 2. The molecule has 0 amide bonds. The van der Waals surface area contributed by atoms with Gasteiger partial charge in [0.25, 0.3) is 0 Å². The van der Waals surface area contributed by atoms with E-state index >= 15 is 0 Å². The van der Waals surface area contributed by atoms with Gasteiger partial charge in [-0.3, -0.25) is 4.99 Å². The molecule has 1 aromatic rings. The Balaban J connectivity index is 0.00000128. The topological polar surface area (TPSA) is 45.1 Å². The van der Waals surface area contributed by atoms with Crippen LogP contribution in [-0.4, -0.2) is 31.6 Å². The van der Waals surface area contributed by atoms with Crippen LogP contribution in [0.2, 0.25) is 0 Å². The van der Waals surface area contributed by atoms with Crippen molar-refractivity contribution < 1.29 is 9.84 Å². The molecule has 0 spiro atoms. The lowest BCUT2D eigenvalue weighted by atomic mass is 10.2. The molecule has 6 heteroatoms. The number of methoxy groups -OCH3 is 1. The fraction of sp³-hybridized carbons (Fsp3) is 0.300. The number of hydrogen-bond donors (Lipinski definition) is 1. The fourth-order valence-corrected chi connectivity index (χ4v) is 1.92. The van der Waals surface area contributed by atoms with Crippen molar-refractivity contribution in [2.75, 3.05) is 25.1 Å². The number of anilines is 1. The molecule has 0 atom stereocenters. The van der Waals surface area contributed by atoms with Crippen molar-refractivity contribution in [2.45, 2.75) is 0 Å². The molecule has 0 aliphatic carbocycles. The molecule has 4 nitrogen and oxygen atoms in total. The van der Waals surface area contributed by atoms with E-state index in [9.17, 15) is 5.11 Å². The summed E-state index contributed by atoms with van der Waals surface area (Å²) in [6.07, 6.45) is 1.72. The van der Waals surface area contributed by atoms with Gasteiger partial charge in [0.15, 0.2) is 11.5 Å². The molecule has 0 unspecified atom stereocenters. The van der Waals surface area contributed by atoms with E-state index in [0.29, 0.717) is 11.4 Å². The molecule has 0 saturated carbocycles. The van der Waals surface area contributed by atoms with Crippen molar-refractivity contribution in [3.63, 3.8) is 0 Å². The molecule has 1 N–H and O–H groups in total. The average Bonchev–Trinajstić information content (AvgIpc) is 2.74. The first-order chi connectivity index (χ1) is 7.22. The van der Waals surface area contributed by atoms with Gasteiger partial charge in [-0.2, -0.15) is 0 Å². The third-order valence-electron chi connectivity index (χ3n) is 2.24. The van der Waals surface area contributed by atoms with Crippen LogP contribution in [-0.2, 0) is 0 Å². The zero-order valence-electron chi connectivity index (χ0n) is 8.68. The second-order valence-electron chi connectivity index (χ2n) is 3.19. The number of nitrogens with zero attached hydrogens (tertiary/aromatic N) is 2. The molecule has 0 bridgehead atoms. The number of aliphatic imine (C=N–C) groups is 1. The largest absolute Gasteiger partial charge is 0.503 e. The quantitative estimate of drug-likeness (QED) is 0.890. The summed E-state index contributed by atoms with van der Waals surface area (Å²) in [6.45, 7) is 1.54. The zero-order chi connectivity index (χ0) is 10.8. The summed E-state index contributed by atoms with van der Waals surface area (Å²) in [5.74, 6) is 0.605. The molecule has 1 aliphatic heterocycles. The van der Waals surface area contributed by atoms with Crippen LogP contribution in [0, 0.1) is 0 Å². The minimum atomic E-state index is 0. The monoisotopic (exact) mass is 350 g/mol. The molecule has 0 fully saturated rings. The van der Waals surface area contributed by atoms with E-state index in [1.54, 1.807) is 12.4 Å². The van der Waals surface area contributed by atoms with Gasteiger partial charge in [-0.15, -0.1) is 17.0 Å². The summed E-state index contributed by atoms with van der Waals surface area (Å²) in [6, 6.07) is 3.57. The highest BCUT2D eigenvalue weighted by atomic mass is 79.9. The number of hydrogen-bond acceptors (Lipinski definition) is 4. The summed E-state index contributed by atoms with van der Waals surface area (Å²) in [5.41, 5.74) is 0.711. The van der Waals surface area contributed by atoms with Gasteiger partial charge in [0.1, 0.15) is 0 Å².